The number of methoxy groups -OCH3 is 2. The average molecular weight is 1110 g/mol. The largest absolute Gasteiger partial charge is 0.480 e. The first-order valence-electron chi connectivity index (χ1n) is 26.5. The molecule has 2 aliphatic heterocycles. The third-order valence-corrected chi connectivity index (χ3v) is 14.8. The fourth-order valence-electron chi connectivity index (χ4n) is 10.2. The maximum absolute atomic E-state index is 14.7. The van der Waals surface area contributed by atoms with Gasteiger partial charge in [0.1, 0.15) is 61.2 Å². The summed E-state index contributed by atoms with van der Waals surface area (Å²) in [5, 5.41) is 55.7. The van der Waals surface area contributed by atoms with Gasteiger partial charge in [-0.25, -0.2) is 14.4 Å². The van der Waals surface area contributed by atoms with Crippen LogP contribution in [0.1, 0.15) is 85.3 Å². The topological polar surface area (TPSA) is 310 Å². The lowest BCUT2D eigenvalue weighted by atomic mass is 9.89. The second kappa shape index (κ2) is 30.2. The van der Waals surface area contributed by atoms with Crippen LogP contribution >= 0.6 is 0 Å². The molecule has 5 amide bonds. The molecule has 0 radical (unpaired) electrons. The second-order valence-corrected chi connectivity index (χ2v) is 20.9. The molecule has 2 heterocycles. The van der Waals surface area contributed by atoms with Gasteiger partial charge in [-0.2, -0.15) is 0 Å². The van der Waals surface area contributed by atoms with Gasteiger partial charge in [-0.1, -0.05) is 91.1 Å². The van der Waals surface area contributed by atoms with Crippen LogP contribution in [0.5, 0.6) is 11.5 Å². The number of likely N-dealkylation sites (N-methyl/N-ethyl adjacent to an activating group) is 2. The lowest BCUT2D eigenvalue weighted by Gasteiger charge is -2.41. The van der Waals surface area contributed by atoms with Gasteiger partial charge in [0.05, 0.1) is 36.6 Å². The fourth-order valence-corrected chi connectivity index (χ4v) is 10.2. The van der Waals surface area contributed by atoms with Gasteiger partial charge >= 0.3 is 18.0 Å². The van der Waals surface area contributed by atoms with E-state index in [-0.39, 0.29) is 48.3 Å². The molecule has 7 N–H and O–H groups in total. The van der Waals surface area contributed by atoms with Gasteiger partial charge in [0, 0.05) is 52.9 Å². The second-order valence-electron chi connectivity index (χ2n) is 20.9. The number of amides is 5. The maximum Gasteiger partial charge on any atom is 0.410 e. The van der Waals surface area contributed by atoms with E-state index in [2.05, 4.69) is 16.6 Å². The number of carboxylic acids is 2. The van der Waals surface area contributed by atoms with Gasteiger partial charge in [0.25, 0.3) is 0 Å². The van der Waals surface area contributed by atoms with Crippen molar-refractivity contribution in [3.63, 3.8) is 0 Å². The van der Waals surface area contributed by atoms with E-state index >= 15 is 0 Å². The molecule has 23 nitrogen and oxygen atoms in total. The van der Waals surface area contributed by atoms with E-state index in [0.29, 0.717) is 25.8 Å². The Morgan fingerprint density at radius 1 is 0.861 bits per heavy atom. The number of benzene rings is 2. The Balaban J connectivity index is 1.46. The van der Waals surface area contributed by atoms with E-state index in [9.17, 15) is 59.1 Å². The van der Waals surface area contributed by atoms with E-state index < -0.39 is 133 Å². The van der Waals surface area contributed by atoms with Crippen molar-refractivity contribution in [3.05, 3.63) is 59.7 Å². The number of aliphatic hydroxyl groups excluding tert-OH is 3. The van der Waals surface area contributed by atoms with Crippen LogP contribution in [-0.4, -0.2) is 196 Å². The molecule has 2 aliphatic rings. The van der Waals surface area contributed by atoms with Crippen molar-refractivity contribution in [1.82, 2.24) is 25.3 Å². The van der Waals surface area contributed by atoms with E-state index in [0.717, 1.165) is 10.5 Å². The Morgan fingerprint density at radius 2 is 1.53 bits per heavy atom. The van der Waals surface area contributed by atoms with E-state index in [1.165, 1.54) is 44.4 Å². The average Bonchev–Trinajstić information content (AvgIpc) is 3.93. The summed E-state index contributed by atoms with van der Waals surface area (Å²) >= 11 is 0. The molecule has 79 heavy (non-hydrogen) atoms. The number of ether oxygens (including phenoxy) is 6. The maximum atomic E-state index is 14.7. The highest BCUT2D eigenvalue weighted by Gasteiger charge is 2.49. The standard InChI is InChI=1S/C56H81N5O18/c1-13-25-76-39-27-36(78-55-47(65)45(63)46(64)49(79-55)54(71)72)23-22-35(39)29-77-56(73)60(10)43(31(5)6)51(67)58-42(30(3)4)52(68)59(9)44(32(7)14-2)40(74-11)28-41(62)61-24-18-21-38(61)48(75-12)33(8)50(66)57-37(53(69)70)26-34-19-16-15-17-20-34/h1,15-17,19-20,22-23,27,30-33,37-38,40,42-49,55,63-65H,14,18,21,24-26,28-29H2,2-12H3,(H,57,66)(H,58,67)(H,69,70)(H,71,72)/t32-,33+,37-,38-,40+,42-,43-,44-,45-,46-,47+,48+,49-,55+/m0/s1. The van der Waals surface area contributed by atoms with Gasteiger partial charge in [0.2, 0.25) is 29.9 Å². The van der Waals surface area contributed by atoms with Crippen molar-refractivity contribution < 1.29 is 87.5 Å². The zero-order valence-electron chi connectivity index (χ0n) is 47.0. The highest BCUT2D eigenvalue weighted by atomic mass is 16.7. The first-order valence-corrected chi connectivity index (χ1v) is 26.5. The van der Waals surface area contributed by atoms with Crippen LogP contribution in [0.3, 0.4) is 0 Å². The van der Waals surface area contributed by atoms with Gasteiger partial charge in [0.15, 0.2) is 6.10 Å². The summed E-state index contributed by atoms with van der Waals surface area (Å²) < 4.78 is 34.1. The number of nitrogens with zero attached hydrogens (tertiary/aromatic N) is 3. The molecule has 4 rings (SSSR count). The number of carbonyl (C=O) groups excluding carboxylic acids is 5. The molecule has 2 aromatic rings. The molecule has 0 aliphatic carbocycles. The number of terminal acetylenes is 1. The number of carbonyl (C=O) groups is 7. The molecule has 0 spiro atoms. The highest BCUT2D eigenvalue weighted by Crippen LogP contribution is 2.32. The predicted molar refractivity (Wildman–Crippen MR) is 285 cm³/mol. The normalized spacial score (nSPS) is 22.2. The third kappa shape index (κ3) is 16.7. The summed E-state index contributed by atoms with van der Waals surface area (Å²) in [6, 6.07) is 8.41. The number of aliphatic carboxylic acids is 2. The van der Waals surface area contributed by atoms with Gasteiger partial charge in [-0.3, -0.25) is 24.1 Å². The Bertz CT molecular complexity index is 2420. The van der Waals surface area contributed by atoms with Crippen LogP contribution in [0.25, 0.3) is 0 Å². The Hall–Kier alpha value is -6.55. The zero-order valence-corrected chi connectivity index (χ0v) is 47.0. The number of nitrogens with one attached hydrogen (secondary N) is 2. The fraction of sp³-hybridized carbons (Fsp3) is 0.625. The molecule has 2 fully saturated rings. The first-order chi connectivity index (χ1) is 37.3. The minimum absolute atomic E-state index is 0.0365. The molecule has 2 aromatic carbocycles. The summed E-state index contributed by atoms with van der Waals surface area (Å²) in [6.45, 7) is 12.2. The summed E-state index contributed by atoms with van der Waals surface area (Å²) in [6.07, 6.45) is -4.74. The quantitative estimate of drug-likeness (QED) is 0.0602. The molecule has 0 saturated carbocycles. The number of aliphatic hydroxyl groups is 3. The van der Waals surface area contributed by atoms with Gasteiger partial charge in [-0.15, -0.1) is 6.42 Å². The smallest absolute Gasteiger partial charge is 0.410 e. The SMILES string of the molecule is C#CCOc1cc(O[C@@H]2O[C@H](C(=O)O)[C@@H](O)[C@H](O)[C@H]2O)ccc1COC(=O)N(C)[C@H](C(=O)N[C@H](C(=O)N(C)[C@@H]([C@@H](C)CC)[C@@H](CC(=O)N1CCC[C@H]1[C@H](OC)[C@@H](C)C(=O)N[C@@H](Cc1ccccc1)C(=O)O)OC)C(C)C)C(C)C. The molecule has 0 bridgehead atoms. The van der Waals surface area contributed by atoms with E-state index in [1.807, 2.05) is 19.9 Å². The van der Waals surface area contributed by atoms with Crippen LogP contribution in [0.4, 0.5) is 4.79 Å². The third-order valence-electron chi connectivity index (χ3n) is 14.8. The van der Waals surface area contributed by atoms with Crippen molar-refractivity contribution in [2.75, 3.05) is 41.5 Å². The van der Waals surface area contributed by atoms with Crippen molar-refractivity contribution >= 4 is 41.7 Å². The summed E-state index contributed by atoms with van der Waals surface area (Å²) in [4.78, 5) is 99.0. The number of likely N-dealkylation sites (tertiary alicyclic amines) is 1. The molecule has 23 heteroatoms. The lowest BCUT2D eigenvalue weighted by molar-refractivity contribution is -0.271. The number of hydrogen-bond acceptors (Lipinski definition) is 16. The molecule has 0 unspecified atom stereocenters. The molecular formula is C56H81N5O18. The Morgan fingerprint density at radius 3 is 2.10 bits per heavy atom. The van der Waals surface area contributed by atoms with Crippen LogP contribution in [0.15, 0.2) is 48.5 Å². The van der Waals surface area contributed by atoms with Crippen molar-refractivity contribution in [3.8, 4) is 23.8 Å². The summed E-state index contributed by atoms with van der Waals surface area (Å²) in [5.74, 6) is -4.38. The molecule has 438 valence electrons. The van der Waals surface area contributed by atoms with Crippen molar-refractivity contribution in [2.45, 2.75) is 160 Å². The Kier molecular flexibility index (Phi) is 24.8. The zero-order chi connectivity index (χ0) is 59.0. The lowest BCUT2D eigenvalue weighted by Crippen LogP contribution is -2.61. The number of carboxylic acid groups (broad SMARTS) is 2. The minimum Gasteiger partial charge on any atom is -0.480 e. The predicted octanol–water partition coefficient (Wildman–Crippen LogP) is 2.44. The first kappa shape index (κ1) is 65.0. The highest BCUT2D eigenvalue weighted by molar-refractivity contribution is 5.92. The van der Waals surface area contributed by atoms with Crippen LogP contribution in [0, 0.1) is 36.0 Å². The van der Waals surface area contributed by atoms with Crippen LogP contribution in [-0.2, 0) is 60.7 Å². The van der Waals surface area contributed by atoms with Crippen LogP contribution in [0.2, 0.25) is 0 Å². The monoisotopic (exact) mass is 1110 g/mol. The Labute approximate surface area is 462 Å². The molecule has 0 aromatic heterocycles. The minimum atomic E-state index is -1.94. The summed E-state index contributed by atoms with van der Waals surface area (Å²) in [7, 11) is 5.88. The molecule has 2 saturated heterocycles. The van der Waals surface area contributed by atoms with Gasteiger partial charge < -0.3 is 74.4 Å². The van der Waals surface area contributed by atoms with E-state index in [4.69, 9.17) is 34.8 Å². The van der Waals surface area contributed by atoms with E-state index in [1.54, 1.807) is 70.8 Å². The number of rotatable bonds is 28. The molecular weight excluding hydrogens is 1030 g/mol. The summed E-state index contributed by atoms with van der Waals surface area (Å²) in [5.41, 5.74) is 1.02. The van der Waals surface area contributed by atoms with Crippen molar-refractivity contribution in [1.29, 1.82) is 0 Å². The molecule has 14 atom stereocenters. The van der Waals surface area contributed by atoms with Crippen molar-refractivity contribution in [2.24, 2.45) is 23.7 Å². The van der Waals surface area contributed by atoms with Gasteiger partial charge in [-0.05, 0) is 48.3 Å². The number of hydrogen-bond donors (Lipinski definition) is 7. The van der Waals surface area contributed by atoms with Crippen LogP contribution < -0.4 is 20.1 Å².